The molecule has 0 radical (unpaired) electrons. The normalized spacial score (nSPS) is 17.9. The van der Waals surface area contributed by atoms with Gasteiger partial charge in [-0.05, 0) is 42.3 Å². The number of anilines is 2. The number of nitrogens with zero attached hydrogens (tertiary/aromatic N) is 2. The zero-order chi connectivity index (χ0) is 25.3. The summed E-state index contributed by atoms with van der Waals surface area (Å²) in [6, 6.07) is 9.44. The van der Waals surface area contributed by atoms with Gasteiger partial charge in [-0.1, -0.05) is 12.1 Å². The Labute approximate surface area is 199 Å². The number of sulfonamides is 1. The predicted molar refractivity (Wildman–Crippen MR) is 122 cm³/mol. The summed E-state index contributed by atoms with van der Waals surface area (Å²) in [6.07, 6.45) is 1.61. The Morgan fingerprint density at radius 1 is 1.14 bits per heavy atom. The van der Waals surface area contributed by atoms with Crippen molar-refractivity contribution in [2.75, 3.05) is 23.9 Å². The first-order valence-corrected chi connectivity index (χ1v) is 12.0. The summed E-state index contributed by atoms with van der Waals surface area (Å²) in [7, 11) is -2.92. The Morgan fingerprint density at radius 3 is 2.51 bits per heavy atom. The van der Waals surface area contributed by atoms with Gasteiger partial charge in [0.05, 0.1) is 12.8 Å². The maximum atomic E-state index is 14.5. The molecule has 0 aliphatic carbocycles. The molecule has 0 bridgehead atoms. The minimum Gasteiger partial charge on any atom is -0.491 e. The van der Waals surface area contributed by atoms with E-state index >= 15 is 0 Å². The van der Waals surface area contributed by atoms with Gasteiger partial charge < -0.3 is 15.0 Å². The molecule has 2 atom stereocenters. The predicted octanol–water partition coefficient (Wildman–Crippen LogP) is 3.16. The number of nitrogens with two attached hydrogens (primary N) is 1. The molecule has 1 aromatic heterocycles. The molecule has 8 nitrogen and oxygen atoms in total. The van der Waals surface area contributed by atoms with Crippen LogP contribution in [0.3, 0.4) is 0 Å². The minimum atomic E-state index is -4.11. The van der Waals surface area contributed by atoms with Crippen molar-refractivity contribution in [2.24, 2.45) is 5.14 Å². The highest BCUT2D eigenvalue weighted by molar-refractivity contribution is 7.89. The van der Waals surface area contributed by atoms with E-state index in [1.54, 1.807) is 17.0 Å². The van der Waals surface area contributed by atoms with Gasteiger partial charge in [-0.2, -0.15) is 4.39 Å². The van der Waals surface area contributed by atoms with Crippen LogP contribution in [-0.2, 0) is 14.8 Å². The number of primary sulfonamides is 1. The Hall–Kier alpha value is -3.64. The maximum absolute atomic E-state index is 14.5. The van der Waals surface area contributed by atoms with Crippen molar-refractivity contribution in [2.45, 2.75) is 23.4 Å². The topological polar surface area (TPSA) is 115 Å². The number of carbonyl (C=O) groups is 1. The van der Waals surface area contributed by atoms with Crippen molar-refractivity contribution < 1.29 is 31.1 Å². The molecule has 2 aromatic carbocycles. The fraction of sp³-hybridized carbons (Fsp3) is 0.217. The lowest BCUT2D eigenvalue weighted by Crippen LogP contribution is -2.42. The van der Waals surface area contributed by atoms with Crippen molar-refractivity contribution in [3.05, 3.63) is 77.7 Å². The van der Waals surface area contributed by atoms with Crippen LogP contribution in [0.4, 0.5) is 24.5 Å². The molecule has 1 aliphatic heterocycles. The molecule has 4 rings (SSSR count). The van der Waals surface area contributed by atoms with Crippen LogP contribution in [0, 0.1) is 17.5 Å². The number of amides is 1. The van der Waals surface area contributed by atoms with Gasteiger partial charge in [0.1, 0.15) is 11.9 Å². The number of hydrogen-bond acceptors (Lipinski definition) is 6. The molecule has 3 N–H and O–H groups in total. The van der Waals surface area contributed by atoms with E-state index in [1.165, 1.54) is 37.6 Å². The van der Waals surface area contributed by atoms with Crippen molar-refractivity contribution in [1.29, 1.82) is 0 Å². The van der Waals surface area contributed by atoms with Crippen LogP contribution in [0.2, 0.25) is 0 Å². The van der Waals surface area contributed by atoms with E-state index in [-0.39, 0.29) is 23.7 Å². The summed E-state index contributed by atoms with van der Waals surface area (Å²) < 4.78 is 70.2. The number of benzene rings is 2. The Morgan fingerprint density at radius 2 is 1.86 bits per heavy atom. The third-order valence-electron chi connectivity index (χ3n) is 5.80. The van der Waals surface area contributed by atoms with Gasteiger partial charge in [-0.3, -0.25) is 4.79 Å². The van der Waals surface area contributed by atoms with E-state index in [4.69, 9.17) is 9.88 Å². The van der Waals surface area contributed by atoms with Gasteiger partial charge >= 0.3 is 0 Å². The molecular formula is C23H21F3N4O4S. The fourth-order valence-corrected chi connectivity index (χ4v) is 4.75. The number of aromatic nitrogens is 1. The molecule has 1 saturated heterocycles. The second kappa shape index (κ2) is 9.55. The standard InChI is InChI=1S/C23H21F3N4O4S/c1-34-22-18(7-6-17(25)20(22)26)30-11-9-16(13-2-4-14(24)5-3-13)21(30)23(31)29-15-8-10-28-19(12-15)35(27,32)33/h2-8,10,12,16,21H,9,11H2,1H3,(H2,27,32,33)(H,28,29,31)/t16-,21+/m1/s1. The quantitative estimate of drug-likeness (QED) is 0.531. The largest absolute Gasteiger partial charge is 0.491 e. The maximum Gasteiger partial charge on any atom is 0.255 e. The SMILES string of the molecule is COc1c(N2CC[C@H](c3ccc(F)cc3)[C@H]2C(=O)Nc2ccnc(S(N)(=O)=O)c2)ccc(F)c1F. The Balaban J connectivity index is 1.75. The fourth-order valence-electron chi connectivity index (χ4n) is 4.25. The van der Waals surface area contributed by atoms with Gasteiger partial charge in [0.15, 0.2) is 16.6 Å². The minimum absolute atomic E-state index is 0.121. The van der Waals surface area contributed by atoms with Crippen LogP contribution < -0.4 is 20.1 Å². The van der Waals surface area contributed by atoms with Crippen molar-refractivity contribution >= 4 is 27.3 Å². The number of pyridine rings is 1. The highest BCUT2D eigenvalue weighted by atomic mass is 32.2. The number of halogens is 3. The second-order valence-corrected chi connectivity index (χ2v) is 9.42. The molecule has 1 fully saturated rings. The molecule has 0 unspecified atom stereocenters. The zero-order valence-electron chi connectivity index (χ0n) is 18.4. The number of nitrogens with one attached hydrogen (secondary N) is 1. The van der Waals surface area contributed by atoms with Gasteiger partial charge in [0.25, 0.3) is 10.0 Å². The Kier molecular flexibility index (Phi) is 6.68. The molecule has 35 heavy (non-hydrogen) atoms. The third-order valence-corrected chi connectivity index (χ3v) is 6.61. The summed E-state index contributed by atoms with van der Waals surface area (Å²) in [5, 5.41) is 7.34. The van der Waals surface area contributed by atoms with Crippen LogP contribution in [0.15, 0.2) is 59.8 Å². The molecule has 2 heterocycles. The third kappa shape index (κ3) is 4.93. The van der Waals surface area contributed by atoms with Crippen molar-refractivity contribution in [1.82, 2.24) is 4.98 Å². The summed E-state index contributed by atoms with van der Waals surface area (Å²) in [5.41, 5.74) is 0.947. The molecular weight excluding hydrogens is 485 g/mol. The first-order chi connectivity index (χ1) is 16.6. The monoisotopic (exact) mass is 506 g/mol. The zero-order valence-corrected chi connectivity index (χ0v) is 19.2. The lowest BCUT2D eigenvalue weighted by molar-refractivity contribution is -0.117. The van der Waals surface area contributed by atoms with E-state index in [0.717, 1.165) is 12.1 Å². The lowest BCUT2D eigenvalue weighted by Gasteiger charge is -2.30. The number of rotatable bonds is 6. The van der Waals surface area contributed by atoms with Gasteiger partial charge in [-0.15, -0.1) is 0 Å². The molecule has 1 aliphatic rings. The number of carbonyl (C=O) groups excluding carboxylic acids is 1. The van der Waals surface area contributed by atoms with Crippen LogP contribution >= 0.6 is 0 Å². The average Bonchev–Trinajstić information content (AvgIpc) is 3.26. The molecule has 3 aromatic rings. The molecule has 0 saturated carbocycles. The molecule has 0 spiro atoms. The van der Waals surface area contributed by atoms with Gasteiger partial charge in [0, 0.05) is 30.4 Å². The van der Waals surface area contributed by atoms with Crippen LogP contribution in [0.1, 0.15) is 17.9 Å². The first-order valence-electron chi connectivity index (χ1n) is 10.4. The first kappa shape index (κ1) is 24.5. The van der Waals surface area contributed by atoms with E-state index in [0.29, 0.717) is 12.0 Å². The van der Waals surface area contributed by atoms with Crippen molar-refractivity contribution in [3.8, 4) is 5.75 Å². The second-order valence-electron chi connectivity index (χ2n) is 7.92. The number of ether oxygens (including phenoxy) is 1. The molecule has 184 valence electrons. The summed E-state index contributed by atoms with van der Waals surface area (Å²) in [6.45, 7) is 0.278. The highest BCUT2D eigenvalue weighted by Crippen LogP contribution is 2.42. The van der Waals surface area contributed by atoms with Crippen LogP contribution in [0.5, 0.6) is 5.75 Å². The highest BCUT2D eigenvalue weighted by Gasteiger charge is 2.42. The Bertz CT molecular complexity index is 1370. The lowest BCUT2D eigenvalue weighted by atomic mass is 9.91. The molecule has 12 heteroatoms. The van der Waals surface area contributed by atoms with Crippen LogP contribution in [-0.4, -0.2) is 39.0 Å². The van der Waals surface area contributed by atoms with Crippen molar-refractivity contribution in [3.63, 3.8) is 0 Å². The van der Waals surface area contributed by atoms with Crippen LogP contribution in [0.25, 0.3) is 0 Å². The molecule has 1 amide bonds. The smallest absolute Gasteiger partial charge is 0.255 e. The average molecular weight is 507 g/mol. The van der Waals surface area contributed by atoms with E-state index < -0.39 is 50.4 Å². The number of methoxy groups -OCH3 is 1. The van der Waals surface area contributed by atoms with Gasteiger partial charge in [-0.25, -0.2) is 27.3 Å². The summed E-state index contributed by atoms with van der Waals surface area (Å²) >= 11 is 0. The summed E-state index contributed by atoms with van der Waals surface area (Å²) in [5.74, 6) is -4.11. The van der Waals surface area contributed by atoms with E-state index in [1.807, 2.05) is 0 Å². The number of hydrogen-bond donors (Lipinski definition) is 2. The van der Waals surface area contributed by atoms with Gasteiger partial charge in [0.2, 0.25) is 11.7 Å². The summed E-state index contributed by atoms with van der Waals surface area (Å²) in [4.78, 5) is 18.8. The van der Waals surface area contributed by atoms with E-state index in [9.17, 15) is 26.4 Å². The van der Waals surface area contributed by atoms with E-state index in [2.05, 4.69) is 10.3 Å².